The Hall–Kier alpha value is -3.62. The first-order valence-corrected chi connectivity index (χ1v) is 11.4. The maximum Gasteiger partial charge on any atom is 0.260 e. The van der Waals surface area contributed by atoms with Gasteiger partial charge in [-0.1, -0.05) is 18.2 Å². The summed E-state index contributed by atoms with van der Waals surface area (Å²) in [6.07, 6.45) is 7.47. The zero-order valence-corrected chi connectivity index (χ0v) is 18.7. The molecule has 0 spiro atoms. The Bertz CT molecular complexity index is 1120. The highest BCUT2D eigenvalue weighted by molar-refractivity contribution is 5.94. The van der Waals surface area contributed by atoms with Crippen molar-refractivity contribution in [3.63, 3.8) is 0 Å². The molecule has 1 aromatic carbocycles. The van der Waals surface area contributed by atoms with Crippen LogP contribution in [0.1, 0.15) is 40.6 Å². The molecule has 9 heteroatoms. The number of imidazole rings is 1. The van der Waals surface area contributed by atoms with Crippen molar-refractivity contribution < 1.29 is 14.3 Å². The van der Waals surface area contributed by atoms with Gasteiger partial charge in [0.05, 0.1) is 29.8 Å². The number of nitrogens with zero attached hydrogens (tertiary/aromatic N) is 5. The van der Waals surface area contributed by atoms with Gasteiger partial charge in [0.25, 0.3) is 11.8 Å². The Morgan fingerprint density at radius 2 is 1.94 bits per heavy atom. The van der Waals surface area contributed by atoms with Gasteiger partial charge in [-0.25, -0.2) is 4.98 Å². The van der Waals surface area contributed by atoms with E-state index in [9.17, 15) is 9.59 Å². The Labute approximate surface area is 192 Å². The Morgan fingerprint density at radius 1 is 1.15 bits per heavy atom. The molecule has 1 N–H and O–H groups in total. The highest BCUT2D eigenvalue weighted by Gasteiger charge is 2.40. The molecule has 3 aromatic rings. The minimum Gasteiger partial charge on any atom is -0.484 e. The molecule has 1 fully saturated rings. The maximum absolute atomic E-state index is 13.3. The van der Waals surface area contributed by atoms with Crippen molar-refractivity contribution in [3.05, 3.63) is 66.0 Å². The molecule has 33 heavy (non-hydrogen) atoms. The van der Waals surface area contributed by atoms with Crippen LogP contribution in [0.3, 0.4) is 0 Å². The third-order valence-corrected chi connectivity index (χ3v) is 6.63. The van der Waals surface area contributed by atoms with Crippen LogP contribution in [0.5, 0.6) is 5.75 Å². The summed E-state index contributed by atoms with van der Waals surface area (Å²) < 4.78 is 7.28. The van der Waals surface area contributed by atoms with E-state index in [4.69, 9.17) is 4.74 Å². The average molecular weight is 449 g/mol. The monoisotopic (exact) mass is 448 g/mol. The number of benzene rings is 1. The van der Waals surface area contributed by atoms with Crippen LogP contribution in [0.2, 0.25) is 0 Å². The van der Waals surface area contributed by atoms with Crippen molar-refractivity contribution >= 4 is 11.8 Å². The highest BCUT2D eigenvalue weighted by Crippen LogP contribution is 2.39. The predicted molar refractivity (Wildman–Crippen MR) is 121 cm³/mol. The van der Waals surface area contributed by atoms with Crippen molar-refractivity contribution in [3.8, 4) is 5.75 Å². The number of carbonyl (C=O) groups excluding carboxylic acids is 2. The summed E-state index contributed by atoms with van der Waals surface area (Å²) in [5, 5.41) is 4.16. The normalized spacial score (nSPS) is 18.8. The van der Waals surface area contributed by atoms with E-state index in [1.54, 1.807) is 23.4 Å². The van der Waals surface area contributed by atoms with E-state index < -0.39 is 0 Å². The van der Waals surface area contributed by atoms with Crippen LogP contribution in [0.4, 0.5) is 0 Å². The van der Waals surface area contributed by atoms with E-state index in [0.29, 0.717) is 30.9 Å². The van der Waals surface area contributed by atoms with Crippen molar-refractivity contribution in [2.24, 2.45) is 13.0 Å². The molecule has 0 aliphatic carbocycles. The fourth-order valence-electron chi connectivity index (χ4n) is 4.93. The zero-order chi connectivity index (χ0) is 22.8. The molecule has 5 rings (SSSR count). The quantitative estimate of drug-likeness (QED) is 0.646. The molecule has 2 aliphatic heterocycles. The van der Waals surface area contributed by atoms with Crippen LogP contribution in [-0.4, -0.2) is 67.6 Å². The number of H-pyrrole nitrogens is 1. The molecule has 9 nitrogen and oxygen atoms in total. The van der Waals surface area contributed by atoms with Crippen LogP contribution in [0.15, 0.2) is 49.1 Å². The standard InChI is InChI=1S/C24H28N6O3/c1-28-14-18(13-27-28)24(32)30-12-9-20-22(26-16-25-20)23(30)17-7-10-29(11-8-17)21(31)15-33-19-5-3-2-4-6-19/h2-6,13-14,16-17,23H,7-12,15H2,1H3,(H,25,26). The maximum atomic E-state index is 13.3. The van der Waals surface area contributed by atoms with Crippen molar-refractivity contribution in [2.75, 3.05) is 26.2 Å². The number of carbonyl (C=O) groups is 2. The van der Waals surface area contributed by atoms with Gasteiger partial charge in [0.1, 0.15) is 5.75 Å². The van der Waals surface area contributed by atoms with Gasteiger partial charge >= 0.3 is 0 Å². The molecule has 2 aromatic heterocycles. The van der Waals surface area contributed by atoms with Gasteiger partial charge in [0.2, 0.25) is 0 Å². The van der Waals surface area contributed by atoms with Crippen LogP contribution in [0.25, 0.3) is 0 Å². The van der Waals surface area contributed by atoms with Gasteiger partial charge in [-0.05, 0) is 30.9 Å². The first-order chi connectivity index (χ1) is 16.1. The van der Waals surface area contributed by atoms with Crippen LogP contribution >= 0.6 is 0 Å². The first kappa shape index (κ1) is 21.2. The number of hydrogen-bond donors (Lipinski definition) is 1. The van der Waals surface area contributed by atoms with Crippen LogP contribution in [0, 0.1) is 5.92 Å². The second-order valence-corrected chi connectivity index (χ2v) is 8.68. The van der Waals surface area contributed by atoms with Crippen molar-refractivity contribution in [1.82, 2.24) is 29.5 Å². The summed E-state index contributed by atoms with van der Waals surface area (Å²) in [6, 6.07) is 9.27. The molecule has 0 saturated carbocycles. The number of rotatable bonds is 5. The highest BCUT2D eigenvalue weighted by atomic mass is 16.5. The van der Waals surface area contributed by atoms with E-state index >= 15 is 0 Å². The summed E-state index contributed by atoms with van der Waals surface area (Å²) in [5.74, 6) is 0.895. The number of aromatic nitrogens is 4. The number of nitrogens with one attached hydrogen (secondary N) is 1. The first-order valence-electron chi connectivity index (χ1n) is 11.4. The van der Waals surface area contributed by atoms with E-state index in [2.05, 4.69) is 15.1 Å². The predicted octanol–water partition coefficient (Wildman–Crippen LogP) is 2.20. The van der Waals surface area contributed by atoms with E-state index in [-0.39, 0.29) is 30.4 Å². The second kappa shape index (κ2) is 9.09. The lowest BCUT2D eigenvalue weighted by Gasteiger charge is -2.42. The summed E-state index contributed by atoms with van der Waals surface area (Å²) in [7, 11) is 1.81. The molecule has 4 heterocycles. The lowest BCUT2D eigenvalue weighted by molar-refractivity contribution is -0.135. The van der Waals surface area contributed by atoms with Gasteiger partial charge in [0.15, 0.2) is 6.61 Å². The largest absolute Gasteiger partial charge is 0.484 e. The molecule has 172 valence electrons. The number of fused-ring (bicyclic) bond motifs is 1. The van der Waals surface area contributed by atoms with Crippen molar-refractivity contribution in [2.45, 2.75) is 25.3 Å². The number of piperidine rings is 1. The lowest BCUT2D eigenvalue weighted by atomic mass is 9.83. The number of likely N-dealkylation sites (tertiary alicyclic amines) is 1. The number of aryl methyl sites for hydroxylation is 1. The molecular weight excluding hydrogens is 420 g/mol. The Kier molecular flexibility index (Phi) is 5.85. The van der Waals surface area contributed by atoms with Gasteiger partial charge in [0, 0.05) is 45.0 Å². The molecule has 2 amide bonds. The minimum absolute atomic E-state index is 0.00954. The summed E-state index contributed by atoms with van der Waals surface area (Å²) in [5.41, 5.74) is 2.65. The number of hydrogen-bond acceptors (Lipinski definition) is 5. The molecular formula is C24H28N6O3. The van der Waals surface area contributed by atoms with Crippen LogP contribution in [-0.2, 0) is 18.3 Å². The van der Waals surface area contributed by atoms with Gasteiger partial charge in [-0.15, -0.1) is 0 Å². The molecule has 1 saturated heterocycles. The number of aromatic amines is 1. The summed E-state index contributed by atoms with van der Waals surface area (Å²) in [4.78, 5) is 37.7. The fraction of sp³-hybridized carbons (Fsp3) is 0.417. The fourth-order valence-corrected chi connectivity index (χ4v) is 4.93. The van der Waals surface area contributed by atoms with Gasteiger partial charge < -0.3 is 19.5 Å². The summed E-state index contributed by atoms with van der Waals surface area (Å²) >= 11 is 0. The van der Waals surface area contributed by atoms with E-state index in [1.165, 1.54) is 0 Å². The number of para-hydroxylation sites is 1. The number of amides is 2. The van der Waals surface area contributed by atoms with Gasteiger partial charge in [-0.2, -0.15) is 5.10 Å². The second-order valence-electron chi connectivity index (χ2n) is 8.68. The molecule has 2 aliphatic rings. The third-order valence-electron chi connectivity index (χ3n) is 6.63. The van der Waals surface area contributed by atoms with Gasteiger partial charge in [-0.3, -0.25) is 14.3 Å². The van der Waals surface area contributed by atoms with E-state index in [1.807, 2.05) is 47.2 Å². The molecule has 1 unspecified atom stereocenters. The molecule has 0 bridgehead atoms. The lowest BCUT2D eigenvalue weighted by Crippen LogP contribution is -2.48. The SMILES string of the molecule is Cn1cc(C(=O)N2CCc3[nH]cnc3C2C2CCN(C(=O)COc3ccccc3)CC2)cn1. The number of ether oxygens (including phenoxy) is 1. The van der Waals surface area contributed by atoms with Crippen molar-refractivity contribution in [1.29, 1.82) is 0 Å². The topological polar surface area (TPSA) is 96.4 Å². The summed E-state index contributed by atoms with van der Waals surface area (Å²) in [6.45, 7) is 1.96. The third kappa shape index (κ3) is 4.35. The average Bonchev–Trinajstić information content (AvgIpc) is 3.51. The smallest absolute Gasteiger partial charge is 0.260 e. The molecule has 1 atom stereocenters. The Balaban J connectivity index is 1.26. The Morgan fingerprint density at radius 3 is 2.67 bits per heavy atom. The molecule has 0 radical (unpaired) electrons. The van der Waals surface area contributed by atoms with Crippen LogP contribution < -0.4 is 4.74 Å². The van der Waals surface area contributed by atoms with E-state index in [0.717, 1.165) is 30.7 Å². The zero-order valence-electron chi connectivity index (χ0n) is 18.7. The minimum atomic E-state index is -0.106.